The van der Waals surface area contributed by atoms with Gasteiger partial charge in [0, 0.05) is 8.95 Å². The largest absolute Gasteiger partial charge is 0.495 e. The summed E-state index contributed by atoms with van der Waals surface area (Å²) in [5, 5.41) is 2.90. The van der Waals surface area contributed by atoms with Gasteiger partial charge in [0.05, 0.1) is 18.4 Å². The normalized spacial score (nSPS) is 10.2. The smallest absolute Gasteiger partial charge is 0.256 e. The fourth-order valence-corrected chi connectivity index (χ4v) is 2.88. The minimum Gasteiger partial charge on any atom is -0.495 e. The molecule has 0 radical (unpaired) electrons. The second kappa shape index (κ2) is 6.41. The number of nitrogens with one attached hydrogen (secondary N) is 1. The summed E-state index contributed by atoms with van der Waals surface area (Å²) in [4.78, 5) is 12.3. The maximum Gasteiger partial charge on any atom is 0.256 e. The number of benzene rings is 2. The Bertz CT molecular complexity index is 656. The molecule has 0 saturated carbocycles. The van der Waals surface area contributed by atoms with Crippen molar-refractivity contribution in [1.82, 2.24) is 0 Å². The van der Waals surface area contributed by atoms with Crippen molar-refractivity contribution >= 4 is 43.5 Å². The molecule has 0 bridgehead atoms. The van der Waals surface area contributed by atoms with E-state index in [1.807, 2.05) is 37.3 Å². The highest BCUT2D eigenvalue weighted by atomic mass is 79.9. The molecule has 2 rings (SSSR count). The lowest BCUT2D eigenvalue weighted by atomic mass is 10.1. The molecule has 1 N–H and O–H groups in total. The molecule has 0 aliphatic heterocycles. The minimum atomic E-state index is -0.179. The lowest BCUT2D eigenvalue weighted by Gasteiger charge is -2.14. The van der Waals surface area contributed by atoms with Crippen LogP contribution in [-0.2, 0) is 0 Å². The van der Waals surface area contributed by atoms with E-state index in [1.54, 1.807) is 13.2 Å². The Kier molecular flexibility index (Phi) is 4.83. The number of amides is 1. The van der Waals surface area contributed by atoms with E-state index >= 15 is 0 Å². The van der Waals surface area contributed by atoms with Crippen LogP contribution in [0.2, 0.25) is 0 Å². The van der Waals surface area contributed by atoms with E-state index in [0.717, 1.165) is 14.5 Å². The van der Waals surface area contributed by atoms with Gasteiger partial charge >= 0.3 is 0 Å². The molecule has 0 unspecified atom stereocenters. The molecule has 0 aliphatic rings. The second-order valence-electron chi connectivity index (χ2n) is 4.23. The summed E-state index contributed by atoms with van der Waals surface area (Å²) < 4.78 is 6.98. The van der Waals surface area contributed by atoms with Gasteiger partial charge in [-0.05, 0) is 52.7 Å². The van der Waals surface area contributed by atoms with Crippen LogP contribution in [-0.4, -0.2) is 13.0 Å². The fraction of sp³-hybridized carbons (Fsp3) is 0.133. The average Bonchev–Trinajstić information content (AvgIpc) is 2.41. The van der Waals surface area contributed by atoms with Crippen LogP contribution in [0.25, 0.3) is 0 Å². The molecule has 0 fully saturated rings. The number of anilines is 1. The van der Waals surface area contributed by atoms with Gasteiger partial charge < -0.3 is 10.1 Å². The Hall–Kier alpha value is -1.33. The Morgan fingerprint density at radius 1 is 1.20 bits per heavy atom. The number of methoxy groups -OCH3 is 1. The molecule has 1 amide bonds. The zero-order chi connectivity index (χ0) is 14.7. The number of aryl methyl sites for hydroxylation is 1. The van der Waals surface area contributed by atoms with Crippen LogP contribution >= 0.6 is 31.9 Å². The first kappa shape index (κ1) is 15.1. The summed E-state index contributed by atoms with van der Waals surface area (Å²) in [6, 6.07) is 11.0. The van der Waals surface area contributed by atoms with Crippen molar-refractivity contribution in [3.63, 3.8) is 0 Å². The molecule has 2 aromatic rings. The van der Waals surface area contributed by atoms with Crippen LogP contribution in [0, 0.1) is 6.92 Å². The van der Waals surface area contributed by atoms with Crippen LogP contribution in [0.1, 0.15) is 15.9 Å². The minimum absolute atomic E-state index is 0.179. The number of halogens is 2. The first-order chi connectivity index (χ1) is 9.52. The molecular formula is C15H13Br2NO2. The number of carbonyl (C=O) groups excluding carboxylic acids is 1. The highest BCUT2D eigenvalue weighted by molar-refractivity contribution is 9.10. The van der Waals surface area contributed by atoms with Gasteiger partial charge in [-0.3, -0.25) is 4.79 Å². The van der Waals surface area contributed by atoms with E-state index in [1.165, 1.54) is 0 Å². The third kappa shape index (κ3) is 3.22. The Balaban J connectivity index is 2.35. The van der Waals surface area contributed by atoms with E-state index in [4.69, 9.17) is 4.74 Å². The monoisotopic (exact) mass is 397 g/mol. The van der Waals surface area contributed by atoms with Gasteiger partial charge in [-0.2, -0.15) is 0 Å². The SMILES string of the molecule is COc1cc(Br)cc(C)c1NC(=O)c1ccccc1Br. The summed E-state index contributed by atoms with van der Waals surface area (Å²) in [6.45, 7) is 1.92. The molecule has 0 aliphatic carbocycles. The van der Waals surface area contributed by atoms with Gasteiger partial charge in [-0.15, -0.1) is 0 Å². The van der Waals surface area contributed by atoms with Gasteiger partial charge in [-0.25, -0.2) is 0 Å². The topological polar surface area (TPSA) is 38.3 Å². The predicted molar refractivity (Wildman–Crippen MR) is 87.5 cm³/mol. The van der Waals surface area contributed by atoms with Crippen LogP contribution in [0.3, 0.4) is 0 Å². The van der Waals surface area contributed by atoms with E-state index in [-0.39, 0.29) is 5.91 Å². The van der Waals surface area contributed by atoms with Gasteiger partial charge in [0.15, 0.2) is 0 Å². The van der Waals surface area contributed by atoms with Crippen LogP contribution in [0.5, 0.6) is 5.75 Å². The maximum atomic E-state index is 12.3. The molecule has 0 heterocycles. The summed E-state index contributed by atoms with van der Waals surface area (Å²) in [7, 11) is 1.58. The zero-order valence-electron chi connectivity index (χ0n) is 11.0. The van der Waals surface area contributed by atoms with Crippen molar-refractivity contribution in [1.29, 1.82) is 0 Å². The van der Waals surface area contributed by atoms with Crippen molar-refractivity contribution in [2.75, 3.05) is 12.4 Å². The third-order valence-electron chi connectivity index (χ3n) is 2.84. The molecule has 3 nitrogen and oxygen atoms in total. The lowest BCUT2D eigenvalue weighted by Crippen LogP contribution is -2.14. The van der Waals surface area contributed by atoms with Crippen LogP contribution in [0.4, 0.5) is 5.69 Å². The summed E-state index contributed by atoms with van der Waals surface area (Å²) in [5.74, 6) is 0.443. The third-order valence-corrected chi connectivity index (χ3v) is 3.99. The molecule has 0 spiro atoms. The number of hydrogen-bond donors (Lipinski definition) is 1. The second-order valence-corrected chi connectivity index (χ2v) is 6.00. The van der Waals surface area contributed by atoms with Crippen molar-refractivity contribution in [3.8, 4) is 5.75 Å². The number of hydrogen-bond acceptors (Lipinski definition) is 2. The van der Waals surface area contributed by atoms with Crippen LogP contribution in [0.15, 0.2) is 45.3 Å². The van der Waals surface area contributed by atoms with Crippen molar-refractivity contribution in [3.05, 3.63) is 56.5 Å². The van der Waals surface area contributed by atoms with E-state index in [2.05, 4.69) is 37.2 Å². The summed E-state index contributed by atoms with van der Waals surface area (Å²) >= 11 is 6.79. The Morgan fingerprint density at radius 2 is 1.90 bits per heavy atom. The molecule has 2 aromatic carbocycles. The summed E-state index contributed by atoms with van der Waals surface area (Å²) in [6.07, 6.45) is 0. The summed E-state index contributed by atoms with van der Waals surface area (Å²) in [5.41, 5.74) is 2.19. The van der Waals surface area contributed by atoms with E-state index in [0.29, 0.717) is 17.0 Å². The number of rotatable bonds is 3. The highest BCUT2D eigenvalue weighted by Gasteiger charge is 2.14. The van der Waals surface area contributed by atoms with Crippen LogP contribution < -0.4 is 10.1 Å². The molecular weight excluding hydrogens is 386 g/mol. The Morgan fingerprint density at radius 3 is 2.55 bits per heavy atom. The molecule has 0 atom stereocenters. The predicted octanol–water partition coefficient (Wildman–Crippen LogP) is 4.78. The molecule has 0 saturated heterocycles. The maximum absolute atomic E-state index is 12.3. The highest BCUT2D eigenvalue weighted by Crippen LogP contribution is 2.32. The molecule has 104 valence electrons. The number of carbonyl (C=O) groups is 1. The van der Waals surface area contributed by atoms with Gasteiger partial charge in [0.1, 0.15) is 5.75 Å². The first-order valence-electron chi connectivity index (χ1n) is 5.93. The van der Waals surface area contributed by atoms with Gasteiger partial charge in [0.2, 0.25) is 0 Å². The molecule has 20 heavy (non-hydrogen) atoms. The van der Waals surface area contributed by atoms with Gasteiger partial charge in [-0.1, -0.05) is 28.1 Å². The molecule has 0 aromatic heterocycles. The quantitative estimate of drug-likeness (QED) is 0.807. The zero-order valence-corrected chi connectivity index (χ0v) is 14.2. The average molecular weight is 399 g/mol. The van der Waals surface area contributed by atoms with E-state index in [9.17, 15) is 4.79 Å². The van der Waals surface area contributed by atoms with E-state index < -0.39 is 0 Å². The first-order valence-corrected chi connectivity index (χ1v) is 7.51. The number of ether oxygens (including phenoxy) is 1. The standard InChI is InChI=1S/C15H13Br2NO2/c1-9-7-10(16)8-13(20-2)14(9)18-15(19)11-5-3-4-6-12(11)17/h3-8H,1-2H3,(H,18,19). The van der Waals surface area contributed by atoms with Crippen molar-refractivity contribution in [2.24, 2.45) is 0 Å². The molecule has 5 heteroatoms. The fourth-order valence-electron chi connectivity index (χ4n) is 1.86. The van der Waals surface area contributed by atoms with Crippen molar-refractivity contribution < 1.29 is 9.53 Å². The van der Waals surface area contributed by atoms with Gasteiger partial charge in [0.25, 0.3) is 5.91 Å². The van der Waals surface area contributed by atoms with Crippen molar-refractivity contribution in [2.45, 2.75) is 6.92 Å². The lowest BCUT2D eigenvalue weighted by molar-refractivity contribution is 0.102. The Labute approximate surface area is 134 Å².